The van der Waals surface area contributed by atoms with E-state index in [0.717, 1.165) is 5.52 Å². The van der Waals surface area contributed by atoms with Crippen LogP contribution in [0.4, 0.5) is 5.69 Å². The van der Waals surface area contributed by atoms with Crippen molar-refractivity contribution in [3.63, 3.8) is 0 Å². The molecule has 1 unspecified atom stereocenters. The van der Waals surface area contributed by atoms with Crippen LogP contribution in [0.15, 0.2) is 35.9 Å². The number of amides is 1. The van der Waals surface area contributed by atoms with Crippen molar-refractivity contribution in [3.8, 4) is 11.5 Å². The Morgan fingerprint density at radius 2 is 2.00 bits per heavy atom. The van der Waals surface area contributed by atoms with Gasteiger partial charge in [0, 0.05) is 11.8 Å². The Labute approximate surface area is 148 Å². The smallest absolute Gasteiger partial charge is 0.237 e. The first-order valence-electron chi connectivity index (χ1n) is 7.46. The second-order valence-corrected chi connectivity index (χ2v) is 6.43. The third-order valence-electron chi connectivity index (χ3n) is 3.50. The highest BCUT2D eigenvalue weighted by molar-refractivity contribution is 8.00. The van der Waals surface area contributed by atoms with Gasteiger partial charge in [0.2, 0.25) is 5.91 Å². The van der Waals surface area contributed by atoms with E-state index in [4.69, 9.17) is 9.47 Å². The third kappa shape index (κ3) is 3.66. The molecule has 0 bridgehead atoms. The van der Waals surface area contributed by atoms with Crippen molar-refractivity contribution in [1.29, 1.82) is 0 Å². The van der Waals surface area contributed by atoms with Gasteiger partial charge < -0.3 is 19.8 Å². The fourth-order valence-corrected chi connectivity index (χ4v) is 3.09. The number of fused-ring (bicyclic) bond motifs is 1. The molecule has 1 atom stereocenters. The van der Waals surface area contributed by atoms with E-state index in [9.17, 15) is 4.79 Å². The van der Waals surface area contributed by atoms with Crippen LogP contribution in [0.25, 0.3) is 11.2 Å². The fraction of sp³-hybridized carbons (Fsp3) is 0.250. The molecular formula is C16H17N5O3S. The monoisotopic (exact) mass is 359 g/mol. The lowest BCUT2D eigenvalue weighted by molar-refractivity contribution is -0.115. The van der Waals surface area contributed by atoms with Crippen LogP contribution in [0.1, 0.15) is 6.92 Å². The summed E-state index contributed by atoms with van der Waals surface area (Å²) in [5.74, 6) is 1.00. The van der Waals surface area contributed by atoms with Gasteiger partial charge >= 0.3 is 0 Å². The minimum atomic E-state index is -0.366. The number of H-pyrrole nitrogens is 1. The summed E-state index contributed by atoms with van der Waals surface area (Å²) in [6, 6.07) is 5.21. The summed E-state index contributed by atoms with van der Waals surface area (Å²) in [5, 5.41) is 3.18. The number of nitrogens with zero attached hydrogens (tertiary/aromatic N) is 3. The molecular weight excluding hydrogens is 342 g/mol. The zero-order chi connectivity index (χ0) is 17.8. The van der Waals surface area contributed by atoms with Crippen molar-refractivity contribution in [1.82, 2.24) is 19.9 Å². The minimum absolute atomic E-state index is 0.150. The molecule has 0 aliphatic rings. The molecule has 2 aromatic heterocycles. The lowest BCUT2D eigenvalue weighted by atomic mass is 10.2. The highest BCUT2D eigenvalue weighted by Gasteiger charge is 2.18. The first-order chi connectivity index (χ1) is 12.1. The van der Waals surface area contributed by atoms with E-state index in [1.165, 1.54) is 18.1 Å². The van der Waals surface area contributed by atoms with Crippen molar-refractivity contribution < 1.29 is 14.3 Å². The average molecular weight is 359 g/mol. The number of ether oxygens (including phenoxy) is 2. The number of nitrogens with one attached hydrogen (secondary N) is 2. The normalized spacial score (nSPS) is 12.0. The summed E-state index contributed by atoms with van der Waals surface area (Å²) in [7, 11) is 3.11. The van der Waals surface area contributed by atoms with E-state index in [1.54, 1.807) is 38.7 Å². The van der Waals surface area contributed by atoms with E-state index in [0.29, 0.717) is 27.9 Å². The number of aromatic nitrogens is 4. The zero-order valence-electron chi connectivity index (χ0n) is 13.9. The van der Waals surface area contributed by atoms with Crippen molar-refractivity contribution >= 4 is 34.5 Å². The van der Waals surface area contributed by atoms with E-state index >= 15 is 0 Å². The van der Waals surface area contributed by atoms with Gasteiger partial charge in [0.05, 0.1) is 25.8 Å². The molecule has 1 aromatic carbocycles. The van der Waals surface area contributed by atoms with Crippen LogP contribution < -0.4 is 14.8 Å². The van der Waals surface area contributed by atoms with Crippen LogP contribution in [0.3, 0.4) is 0 Å². The van der Waals surface area contributed by atoms with Gasteiger partial charge in [-0.25, -0.2) is 15.0 Å². The molecule has 2 heterocycles. The number of aromatic amines is 1. The first-order valence-corrected chi connectivity index (χ1v) is 8.34. The van der Waals surface area contributed by atoms with Crippen molar-refractivity contribution in [3.05, 3.63) is 30.9 Å². The SMILES string of the molecule is COc1ccc(NC(=O)C(C)Sc2ncnc3nc[nH]c23)cc1OC. The zero-order valence-corrected chi connectivity index (χ0v) is 14.8. The summed E-state index contributed by atoms with van der Waals surface area (Å²) in [6.07, 6.45) is 2.99. The number of rotatable bonds is 6. The lowest BCUT2D eigenvalue weighted by Crippen LogP contribution is -2.22. The Balaban J connectivity index is 1.72. The number of imidazole rings is 1. The summed E-state index contributed by atoms with van der Waals surface area (Å²) >= 11 is 1.33. The number of benzene rings is 1. The topological polar surface area (TPSA) is 102 Å². The molecule has 0 spiro atoms. The number of methoxy groups -OCH3 is 2. The highest BCUT2D eigenvalue weighted by Crippen LogP contribution is 2.31. The number of thioether (sulfide) groups is 1. The quantitative estimate of drug-likeness (QED) is 0.515. The van der Waals surface area contributed by atoms with Gasteiger partial charge in [-0.2, -0.15) is 0 Å². The van der Waals surface area contributed by atoms with Crippen LogP contribution in [0, 0.1) is 0 Å². The number of carbonyl (C=O) groups excluding carboxylic acids is 1. The maximum atomic E-state index is 12.5. The van der Waals surface area contributed by atoms with Gasteiger partial charge in [-0.15, -0.1) is 0 Å². The minimum Gasteiger partial charge on any atom is -0.493 e. The first kappa shape index (κ1) is 17.0. The van der Waals surface area contributed by atoms with Crippen LogP contribution in [-0.2, 0) is 4.79 Å². The summed E-state index contributed by atoms with van der Waals surface area (Å²) in [5.41, 5.74) is 1.92. The average Bonchev–Trinajstić information content (AvgIpc) is 3.11. The van der Waals surface area contributed by atoms with E-state index < -0.39 is 0 Å². The molecule has 2 N–H and O–H groups in total. The molecule has 0 saturated heterocycles. The molecule has 9 heteroatoms. The third-order valence-corrected chi connectivity index (χ3v) is 4.60. The fourth-order valence-electron chi connectivity index (χ4n) is 2.21. The molecule has 0 aliphatic carbocycles. The van der Waals surface area contributed by atoms with E-state index in [-0.39, 0.29) is 11.2 Å². The Hall–Kier alpha value is -2.81. The summed E-state index contributed by atoms with van der Waals surface area (Å²) in [6.45, 7) is 1.81. The molecule has 1 amide bonds. The predicted molar refractivity (Wildman–Crippen MR) is 95.2 cm³/mol. The van der Waals surface area contributed by atoms with Crippen molar-refractivity contribution in [2.45, 2.75) is 17.2 Å². The molecule has 130 valence electrons. The van der Waals surface area contributed by atoms with E-state index in [2.05, 4.69) is 25.3 Å². The highest BCUT2D eigenvalue weighted by atomic mass is 32.2. The van der Waals surface area contributed by atoms with Crippen LogP contribution >= 0.6 is 11.8 Å². The van der Waals surface area contributed by atoms with Gasteiger partial charge in [-0.05, 0) is 19.1 Å². The second-order valence-electron chi connectivity index (χ2n) is 5.10. The molecule has 0 radical (unpaired) electrons. The Morgan fingerprint density at radius 1 is 1.20 bits per heavy atom. The maximum Gasteiger partial charge on any atom is 0.237 e. The van der Waals surface area contributed by atoms with Gasteiger partial charge in [-0.3, -0.25) is 4.79 Å². The Morgan fingerprint density at radius 3 is 2.76 bits per heavy atom. The standard InChI is InChI=1S/C16H17N5O3S/c1-9(25-16-13-14(18-7-17-13)19-8-20-16)15(22)21-10-4-5-11(23-2)12(6-10)24-3/h4-9H,1-3H3,(H,21,22)(H,17,18,19,20). The number of hydrogen-bond donors (Lipinski definition) is 2. The number of carbonyl (C=O) groups is 1. The van der Waals surface area contributed by atoms with Crippen LogP contribution in [-0.4, -0.2) is 45.3 Å². The van der Waals surface area contributed by atoms with Gasteiger partial charge in [0.25, 0.3) is 0 Å². The molecule has 3 rings (SSSR count). The summed E-state index contributed by atoms with van der Waals surface area (Å²) < 4.78 is 10.4. The maximum absolute atomic E-state index is 12.5. The second kappa shape index (κ2) is 7.39. The van der Waals surface area contributed by atoms with Gasteiger partial charge in [0.15, 0.2) is 17.1 Å². The predicted octanol–water partition coefficient (Wildman–Crippen LogP) is 2.49. The molecule has 0 saturated carbocycles. The van der Waals surface area contributed by atoms with Crippen LogP contribution in [0.2, 0.25) is 0 Å². The van der Waals surface area contributed by atoms with Crippen molar-refractivity contribution in [2.24, 2.45) is 0 Å². The summed E-state index contributed by atoms with van der Waals surface area (Å²) in [4.78, 5) is 27.8. The number of anilines is 1. The molecule has 3 aromatic rings. The largest absolute Gasteiger partial charge is 0.493 e. The Bertz CT molecular complexity index is 898. The molecule has 8 nitrogen and oxygen atoms in total. The Kier molecular flexibility index (Phi) is 5.03. The van der Waals surface area contributed by atoms with Crippen LogP contribution in [0.5, 0.6) is 11.5 Å². The lowest BCUT2D eigenvalue weighted by Gasteiger charge is -2.13. The molecule has 0 fully saturated rings. The molecule has 25 heavy (non-hydrogen) atoms. The van der Waals surface area contributed by atoms with Gasteiger partial charge in [-0.1, -0.05) is 11.8 Å². The number of hydrogen-bond acceptors (Lipinski definition) is 7. The van der Waals surface area contributed by atoms with E-state index in [1.807, 2.05) is 6.92 Å². The molecule has 0 aliphatic heterocycles. The van der Waals surface area contributed by atoms with Crippen molar-refractivity contribution in [2.75, 3.05) is 19.5 Å². The van der Waals surface area contributed by atoms with Gasteiger partial charge in [0.1, 0.15) is 16.9 Å².